The van der Waals surface area contributed by atoms with Crippen LogP contribution in [0.25, 0.3) is 11.3 Å². The topological polar surface area (TPSA) is 52.7 Å². The van der Waals surface area contributed by atoms with Crippen molar-refractivity contribution < 1.29 is 0 Å². The molecule has 3 rings (SSSR count). The van der Waals surface area contributed by atoms with Gasteiger partial charge >= 0.3 is 0 Å². The monoisotopic (exact) mass is 228 g/mol. The van der Waals surface area contributed by atoms with Crippen molar-refractivity contribution in [2.24, 2.45) is 0 Å². The van der Waals surface area contributed by atoms with Crippen molar-refractivity contribution in [1.29, 1.82) is 0 Å². The molecule has 88 valence electrons. The van der Waals surface area contributed by atoms with E-state index in [9.17, 15) is 0 Å². The second-order valence-electron chi connectivity index (χ2n) is 4.40. The predicted octanol–water partition coefficient (Wildman–Crippen LogP) is 1.14. The van der Waals surface area contributed by atoms with E-state index in [1.807, 2.05) is 6.07 Å². The van der Waals surface area contributed by atoms with Crippen molar-refractivity contribution in [1.82, 2.24) is 20.8 Å². The van der Waals surface area contributed by atoms with Crippen molar-refractivity contribution in [3.05, 3.63) is 42.1 Å². The minimum atomic E-state index is 0.641. The Morgan fingerprint density at radius 3 is 2.59 bits per heavy atom. The predicted molar refractivity (Wildman–Crippen MR) is 67.5 cm³/mol. The average Bonchev–Trinajstić information content (AvgIpc) is 2.81. The van der Waals surface area contributed by atoms with E-state index in [0.717, 1.165) is 25.3 Å². The number of hydrogen-bond acceptors (Lipinski definition) is 3. The molecule has 0 radical (unpaired) electrons. The van der Waals surface area contributed by atoms with E-state index < -0.39 is 0 Å². The SMILES string of the molecule is c1cc(-c2ccc(CNC3CNC3)cc2)[nH]n1. The van der Waals surface area contributed by atoms with Crippen molar-refractivity contribution in [3.63, 3.8) is 0 Å². The van der Waals surface area contributed by atoms with Gasteiger partial charge in [-0.1, -0.05) is 24.3 Å². The maximum atomic E-state index is 3.95. The molecule has 1 aliphatic heterocycles. The standard InChI is InChI=1S/C13H16N4/c1-3-11(13-5-6-16-17-13)4-2-10(1)7-15-12-8-14-9-12/h1-6,12,14-15H,7-9H2,(H,16,17). The van der Waals surface area contributed by atoms with Gasteiger partial charge in [0, 0.05) is 31.9 Å². The van der Waals surface area contributed by atoms with Crippen molar-refractivity contribution in [3.8, 4) is 11.3 Å². The van der Waals surface area contributed by atoms with E-state index in [0.29, 0.717) is 6.04 Å². The molecule has 0 spiro atoms. The van der Waals surface area contributed by atoms with Crippen LogP contribution in [0.15, 0.2) is 36.5 Å². The molecule has 1 fully saturated rings. The lowest BCUT2D eigenvalue weighted by atomic mass is 10.1. The zero-order valence-corrected chi connectivity index (χ0v) is 9.61. The van der Waals surface area contributed by atoms with E-state index in [4.69, 9.17) is 0 Å². The van der Waals surface area contributed by atoms with Crippen molar-refractivity contribution in [2.45, 2.75) is 12.6 Å². The Balaban J connectivity index is 1.63. The number of rotatable bonds is 4. The molecular weight excluding hydrogens is 212 g/mol. The molecule has 4 nitrogen and oxygen atoms in total. The molecule has 2 heterocycles. The highest BCUT2D eigenvalue weighted by molar-refractivity contribution is 5.58. The van der Waals surface area contributed by atoms with Crippen LogP contribution in [0.4, 0.5) is 0 Å². The number of H-pyrrole nitrogens is 1. The summed E-state index contributed by atoms with van der Waals surface area (Å²) in [5.74, 6) is 0. The Kier molecular flexibility index (Phi) is 2.90. The van der Waals surface area contributed by atoms with Gasteiger partial charge < -0.3 is 10.6 Å². The van der Waals surface area contributed by atoms with Gasteiger partial charge in [0.2, 0.25) is 0 Å². The Bertz CT molecular complexity index is 457. The summed E-state index contributed by atoms with van der Waals surface area (Å²) in [5, 5.41) is 13.7. The summed E-state index contributed by atoms with van der Waals surface area (Å²) < 4.78 is 0. The summed E-state index contributed by atoms with van der Waals surface area (Å²) in [4.78, 5) is 0. The first-order valence-corrected chi connectivity index (χ1v) is 5.94. The van der Waals surface area contributed by atoms with E-state index in [-0.39, 0.29) is 0 Å². The van der Waals surface area contributed by atoms with Crippen LogP contribution in [-0.2, 0) is 6.54 Å². The van der Waals surface area contributed by atoms with Gasteiger partial charge in [0.1, 0.15) is 0 Å². The van der Waals surface area contributed by atoms with Crippen LogP contribution >= 0.6 is 0 Å². The average molecular weight is 228 g/mol. The largest absolute Gasteiger partial charge is 0.314 e. The number of hydrogen-bond donors (Lipinski definition) is 3. The number of benzene rings is 1. The van der Waals surface area contributed by atoms with Crippen LogP contribution in [0.5, 0.6) is 0 Å². The highest BCUT2D eigenvalue weighted by atomic mass is 15.1. The van der Waals surface area contributed by atoms with Gasteiger partial charge in [-0.3, -0.25) is 5.10 Å². The molecular formula is C13H16N4. The maximum absolute atomic E-state index is 3.95. The fourth-order valence-corrected chi connectivity index (χ4v) is 1.91. The maximum Gasteiger partial charge on any atom is 0.0650 e. The van der Waals surface area contributed by atoms with E-state index in [1.54, 1.807) is 6.20 Å². The first kappa shape index (κ1) is 10.5. The van der Waals surface area contributed by atoms with Crippen LogP contribution in [0.3, 0.4) is 0 Å². The summed E-state index contributed by atoms with van der Waals surface area (Å²) in [6.45, 7) is 3.12. The third-order valence-electron chi connectivity index (χ3n) is 3.14. The molecule has 1 aromatic carbocycles. The zero-order valence-electron chi connectivity index (χ0n) is 9.61. The fourth-order valence-electron chi connectivity index (χ4n) is 1.91. The lowest BCUT2D eigenvalue weighted by Gasteiger charge is -2.28. The van der Waals surface area contributed by atoms with Gasteiger partial charge in [-0.05, 0) is 17.2 Å². The number of nitrogens with zero attached hydrogens (tertiary/aromatic N) is 1. The summed E-state index contributed by atoms with van der Waals surface area (Å²) >= 11 is 0. The highest BCUT2D eigenvalue weighted by Crippen LogP contribution is 2.16. The molecule has 4 heteroatoms. The lowest BCUT2D eigenvalue weighted by molar-refractivity contribution is 0.365. The zero-order chi connectivity index (χ0) is 11.5. The lowest BCUT2D eigenvalue weighted by Crippen LogP contribution is -2.54. The van der Waals surface area contributed by atoms with Gasteiger partial charge in [-0.15, -0.1) is 0 Å². The van der Waals surface area contributed by atoms with Crippen LogP contribution in [0.2, 0.25) is 0 Å². The smallest absolute Gasteiger partial charge is 0.0650 e. The molecule has 3 N–H and O–H groups in total. The molecule has 1 aliphatic rings. The number of aromatic nitrogens is 2. The Labute approximate surface area is 100 Å². The normalized spacial score (nSPS) is 15.8. The van der Waals surface area contributed by atoms with Crippen LogP contribution in [-0.4, -0.2) is 29.3 Å². The summed E-state index contributed by atoms with van der Waals surface area (Å²) in [6.07, 6.45) is 1.77. The molecule has 0 unspecified atom stereocenters. The van der Waals surface area contributed by atoms with Gasteiger partial charge in [-0.2, -0.15) is 5.10 Å². The van der Waals surface area contributed by atoms with Gasteiger partial charge in [-0.25, -0.2) is 0 Å². The quantitative estimate of drug-likeness (QED) is 0.735. The fraction of sp³-hybridized carbons (Fsp3) is 0.308. The molecule has 0 amide bonds. The van der Waals surface area contributed by atoms with E-state index in [2.05, 4.69) is 45.1 Å². The molecule has 0 bridgehead atoms. The molecule has 0 aliphatic carbocycles. The third-order valence-corrected chi connectivity index (χ3v) is 3.14. The van der Waals surface area contributed by atoms with E-state index in [1.165, 1.54) is 11.1 Å². The van der Waals surface area contributed by atoms with Crippen molar-refractivity contribution >= 4 is 0 Å². The third kappa shape index (κ3) is 2.38. The van der Waals surface area contributed by atoms with Crippen LogP contribution in [0, 0.1) is 0 Å². The Morgan fingerprint density at radius 2 is 2.00 bits per heavy atom. The first-order chi connectivity index (χ1) is 8.42. The molecule has 1 aromatic heterocycles. The molecule has 0 saturated carbocycles. The van der Waals surface area contributed by atoms with Gasteiger partial charge in [0.15, 0.2) is 0 Å². The number of aromatic amines is 1. The van der Waals surface area contributed by atoms with Crippen LogP contribution < -0.4 is 10.6 Å². The van der Waals surface area contributed by atoms with Crippen molar-refractivity contribution in [2.75, 3.05) is 13.1 Å². The Hall–Kier alpha value is -1.65. The minimum absolute atomic E-state index is 0.641. The Morgan fingerprint density at radius 1 is 1.18 bits per heavy atom. The number of nitrogens with one attached hydrogen (secondary N) is 3. The molecule has 1 saturated heterocycles. The van der Waals surface area contributed by atoms with Gasteiger partial charge in [0.25, 0.3) is 0 Å². The summed E-state index contributed by atoms with van der Waals surface area (Å²) in [7, 11) is 0. The summed E-state index contributed by atoms with van der Waals surface area (Å²) in [5.41, 5.74) is 3.56. The van der Waals surface area contributed by atoms with Gasteiger partial charge in [0.05, 0.1) is 5.69 Å². The molecule has 2 aromatic rings. The molecule has 0 atom stereocenters. The molecule has 17 heavy (non-hydrogen) atoms. The highest BCUT2D eigenvalue weighted by Gasteiger charge is 2.14. The summed E-state index contributed by atoms with van der Waals surface area (Å²) in [6, 6.07) is 11.2. The first-order valence-electron chi connectivity index (χ1n) is 5.94. The second-order valence-corrected chi connectivity index (χ2v) is 4.40. The van der Waals surface area contributed by atoms with Crippen LogP contribution in [0.1, 0.15) is 5.56 Å². The minimum Gasteiger partial charge on any atom is -0.314 e. The second kappa shape index (κ2) is 4.69. The van der Waals surface area contributed by atoms with E-state index >= 15 is 0 Å².